The minimum absolute atomic E-state index is 0.0990. The van der Waals surface area contributed by atoms with Crippen molar-refractivity contribution in [1.82, 2.24) is 5.32 Å². The molecular formula is C14H15F4NO. The maximum absolute atomic E-state index is 13.2. The van der Waals surface area contributed by atoms with Gasteiger partial charge in [-0.25, -0.2) is 4.39 Å². The van der Waals surface area contributed by atoms with E-state index < -0.39 is 29.4 Å². The highest BCUT2D eigenvalue weighted by atomic mass is 19.4. The molecule has 1 aliphatic heterocycles. The molecule has 1 aliphatic rings. The van der Waals surface area contributed by atoms with Crippen LogP contribution >= 0.6 is 0 Å². The maximum atomic E-state index is 13.2. The molecule has 1 atom stereocenters. The van der Waals surface area contributed by atoms with Crippen molar-refractivity contribution in [2.24, 2.45) is 0 Å². The first-order chi connectivity index (χ1) is 9.39. The van der Waals surface area contributed by atoms with E-state index in [0.29, 0.717) is 25.1 Å². The van der Waals surface area contributed by atoms with Gasteiger partial charge in [-0.15, -0.1) is 0 Å². The lowest BCUT2D eigenvalue weighted by atomic mass is 9.98. The van der Waals surface area contributed by atoms with Crippen LogP contribution in [0.4, 0.5) is 17.6 Å². The van der Waals surface area contributed by atoms with Crippen molar-refractivity contribution in [2.75, 3.05) is 6.54 Å². The lowest BCUT2D eigenvalue weighted by molar-refractivity contribution is -0.140. The van der Waals surface area contributed by atoms with Crippen LogP contribution in [0.3, 0.4) is 0 Å². The Morgan fingerprint density at radius 2 is 1.95 bits per heavy atom. The molecule has 1 unspecified atom stereocenters. The fourth-order valence-corrected chi connectivity index (χ4v) is 2.35. The second kappa shape index (κ2) is 5.91. The van der Waals surface area contributed by atoms with E-state index in [1.54, 1.807) is 0 Å². The van der Waals surface area contributed by atoms with Crippen molar-refractivity contribution in [3.63, 3.8) is 0 Å². The van der Waals surface area contributed by atoms with Crippen molar-refractivity contribution in [3.8, 4) is 0 Å². The number of rotatable bonds is 2. The van der Waals surface area contributed by atoms with E-state index in [0.717, 1.165) is 25.3 Å². The van der Waals surface area contributed by atoms with E-state index in [2.05, 4.69) is 5.32 Å². The predicted molar refractivity (Wildman–Crippen MR) is 66.0 cm³/mol. The molecule has 0 aliphatic carbocycles. The van der Waals surface area contributed by atoms with Crippen molar-refractivity contribution >= 4 is 5.78 Å². The molecule has 2 rings (SSSR count). The summed E-state index contributed by atoms with van der Waals surface area (Å²) in [5, 5.41) is 3.03. The van der Waals surface area contributed by atoms with E-state index in [9.17, 15) is 22.4 Å². The summed E-state index contributed by atoms with van der Waals surface area (Å²) in [5.41, 5.74) is -1.49. The Morgan fingerprint density at radius 1 is 1.20 bits per heavy atom. The van der Waals surface area contributed by atoms with Crippen LogP contribution in [0.2, 0.25) is 0 Å². The Morgan fingerprint density at radius 3 is 2.65 bits per heavy atom. The molecule has 1 aromatic rings. The van der Waals surface area contributed by atoms with Crippen molar-refractivity contribution in [2.45, 2.75) is 37.9 Å². The minimum Gasteiger partial charge on any atom is -0.307 e. The largest absolute Gasteiger partial charge is 0.419 e. The summed E-state index contributed by atoms with van der Waals surface area (Å²) in [4.78, 5) is 12.2. The first kappa shape index (κ1) is 15.0. The zero-order valence-electron chi connectivity index (χ0n) is 10.8. The topological polar surface area (TPSA) is 29.1 Å². The third-order valence-corrected chi connectivity index (χ3v) is 3.43. The van der Waals surface area contributed by atoms with E-state index in [1.807, 2.05) is 0 Å². The molecule has 0 saturated carbocycles. The van der Waals surface area contributed by atoms with Crippen LogP contribution < -0.4 is 5.32 Å². The average molecular weight is 289 g/mol. The first-order valence-electron chi connectivity index (χ1n) is 6.54. The second-order valence-electron chi connectivity index (χ2n) is 4.91. The number of ketones is 1. The van der Waals surface area contributed by atoms with Gasteiger partial charge in [-0.2, -0.15) is 13.2 Å². The van der Waals surface area contributed by atoms with E-state index in [4.69, 9.17) is 0 Å². The minimum atomic E-state index is -4.79. The van der Waals surface area contributed by atoms with Gasteiger partial charge in [0.15, 0.2) is 5.78 Å². The maximum Gasteiger partial charge on any atom is 0.419 e. The van der Waals surface area contributed by atoms with Gasteiger partial charge < -0.3 is 5.32 Å². The van der Waals surface area contributed by atoms with Crippen LogP contribution in [0.25, 0.3) is 0 Å². The van der Waals surface area contributed by atoms with Crippen molar-refractivity contribution < 1.29 is 22.4 Å². The predicted octanol–water partition coefficient (Wildman–Crippen LogP) is 3.56. The normalized spacial score (nSPS) is 20.5. The molecule has 0 aromatic heterocycles. The number of benzene rings is 1. The van der Waals surface area contributed by atoms with Crippen LogP contribution in [0.1, 0.15) is 41.6 Å². The summed E-state index contributed by atoms with van der Waals surface area (Å²) in [5.74, 6) is -1.76. The highest BCUT2D eigenvalue weighted by Gasteiger charge is 2.35. The smallest absolute Gasteiger partial charge is 0.307 e. The molecular weight excluding hydrogens is 274 g/mol. The van der Waals surface area contributed by atoms with Gasteiger partial charge in [-0.3, -0.25) is 4.79 Å². The second-order valence-corrected chi connectivity index (χ2v) is 4.91. The molecule has 1 aromatic carbocycles. The summed E-state index contributed by atoms with van der Waals surface area (Å²) < 4.78 is 51.1. The van der Waals surface area contributed by atoms with Gasteiger partial charge in [-0.1, -0.05) is 12.8 Å². The Labute approximate surface area is 114 Å². The Kier molecular flexibility index (Phi) is 4.42. The van der Waals surface area contributed by atoms with Gasteiger partial charge in [0.2, 0.25) is 0 Å². The number of halogens is 4. The Balaban J connectivity index is 2.26. The molecule has 0 bridgehead atoms. The van der Waals surface area contributed by atoms with E-state index in [1.165, 1.54) is 0 Å². The number of carbonyl (C=O) groups is 1. The summed E-state index contributed by atoms with van der Waals surface area (Å²) in [6.07, 6.45) is -1.40. The molecule has 2 nitrogen and oxygen atoms in total. The van der Waals surface area contributed by atoms with Crippen LogP contribution in [0.15, 0.2) is 18.2 Å². The average Bonchev–Trinajstić information content (AvgIpc) is 2.66. The number of hydrogen-bond donors (Lipinski definition) is 1. The highest BCUT2D eigenvalue weighted by molar-refractivity contribution is 6.00. The monoisotopic (exact) mass is 289 g/mol. The fraction of sp³-hybridized carbons (Fsp3) is 0.500. The van der Waals surface area contributed by atoms with Crippen molar-refractivity contribution in [1.29, 1.82) is 0 Å². The quantitative estimate of drug-likeness (QED) is 0.666. The Bertz CT molecular complexity index is 490. The summed E-state index contributed by atoms with van der Waals surface area (Å²) in [6.45, 7) is 0.670. The van der Waals surface area contributed by atoms with Gasteiger partial charge in [0, 0.05) is 5.56 Å². The third-order valence-electron chi connectivity index (χ3n) is 3.43. The highest BCUT2D eigenvalue weighted by Crippen LogP contribution is 2.32. The lowest BCUT2D eigenvalue weighted by Crippen LogP contribution is -2.36. The fourth-order valence-electron chi connectivity index (χ4n) is 2.35. The van der Waals surface area contributed by atoms with E-state index in [-0.39, 0.29) is 5.56 Å². The number of Topliss-reactive ketones (excluding diaryl/α,β-unsaturated/α-hetero) is 1. The summed E-state index contributed by atoms with van der Waals surface area (Å²) >= 11 is 0. The summed E-state index contributed by atoms with van der Waals surface area (Å²) in [6, 6.07) is 1.93. The van der Waals surface area contributed by atoms with Crippen molar-refractivity contribution in [3.05, 3.63) is 35.1 Å². The molecule has 0 amide bonds. The molecule has 1 N–H and O–H groups in total. The van der Waals surface area contributed by atoms with E-state index >= 15 is 0 Å². The number of carbonyl (C=O) groups excluding carboxylic acids is 1. The lowest BCUT2D eigenvalue weighted by Gasteiger charge is -2.16. The Hall–Kier alpha value is -1.43. The molecule has 0 radical (unpaired) electrons. The van der Waals surface area contributed by atoms with Crippen LogP contribution in [0.5, 0.6) is 0 Å². The third kappa shape index (κ3) is 3.36. The van der Waals surface area contributed by atoms with Gasteiger partial charge >= 0.3 is 6.18 Å². The molecule has 1 saturated heterocycles. The molecule has 110 valence electrons. The van der Waals surface area contributed by atoms with Crippen LogP contribution in [-0.2, 0) is 6.18 Å². The molecule has 1 heterocycles. The zero-order chi connectivity index (χ0) is 14.8. The zero-order valence-corrected chi connectivity index (χ0v) is 10.8. The first-order valence-corrected chi connectivity index (χ1v) is 6.54. The number of nitrogens with one attached hydrogen (secondary N) is 1. The van der Waals surface area contributed by atoms with Gasteiger partial charge in [0.1, 0.15) is 5.82 Å². The SMILES string of the molecule is O=C(c1ccc(F)c(C(F)(F)F)c1)C1CCCCCN1. The van der Waals surface area contributed by atoms with Gasteiger partial charge in [0.05, 0.1) is 11.6 Å². The number of hydrogen-bond acceptors (Lipinski definition) is 2. The molecule has 20 heavy (non-hydrogen) atoms. The van der Waals surface area contributed by atoms with Crippen LogP contribution in [-0.4, -0.2) is 18.4 Å². The number of alkyl halides is 3. The molecule has 0 spiro atoms. The molecule has 6 heteroatoms. The molecule has 1 fully saturated rings. The van der Waals surface area contributed by atoms with Gasteiger partial charge in [-0.05, 0) is 37.6 Å². The summed E-state index contributed by atoms with van der Waals surface area (Å²) in [7, 11) is 0. The van der Waals surface area contributed by atoms with Crippen LogP contribution in [0, 0.1) is 5.82 Å². The standard InChI is InChI=1S/C14H15F4NO/c15-11-6-5-9(8-10(11)14(16,17)18)13(20)12-4-2-1-3-7-19-12/h5-6,8,12,19H,1-4,7H2. The van der Waals surface area contributed by atoms with Gasteiger partial charge in [0.25, 0.3) is 0 Å².